The zero-order valence-electron chi connectivity index (χ0n) is 10.2. The average molecular weight is 252 g/mol. The molecule has 2 aromatic heterocycles. The van der Waals surface area contributed by atoms with E-state index >= 15 is 0 Å². The van der Waals surface area contributed by atoms with E-state index in [1.165, 1.54) is 0 Å². The Hall–Kier alpha value is -2.69. The summed E-state index contributed by atoms with van der Waals surface area (Å²) < 4.78 is 5.18. The van der Waals surface area contributed by atoms with Crippen molar-refractivity contribution in [1.82, 2.24) is 15.1 Å². The van der Waals surface area contributed by atoms with Crippen LogP contribution >= 0.6 is 0 Å². The fourth-order valence-corrected chi connectivity index (χ4v) is 1.66. The second-order valence-corrected chi connectivity index (χ2v) is 3.95. The number of hydrogen-bond acceptors (Lipinski definition) is 5. The van der Waals surface area contributed by atoms with Crippen molar-refractivity contribution < 1.29 is 4.52 Å². The van der Waals surface area contributed by atoms with Crippen molar-refractivity contribution in [3.05, 3.63) is 60.6 Å². The first-order valence-electron chi connectivity index (χ1n) is 5.95. The number of pyridine rings is 1. The number of aromatic nitrogens is 3. The van der Waals surface area contributed by atoms with Crippen molar-refractivity contribution in [3.63, 3.8) is 0 Å². The average Bonchev–Trinajstić information content (AvgIpc) is 2.96. The molecule has 1 aromatic carbocycles. The van der Waals surface area contributed by atoms with E-state index in [2.05, 4.69) is 20.4 Å². The van der Waals surface area contributed by atoms with Gasteiger partial charge in [-0.2, -0.15) is 4.98 Å². The lowest BCUT2D eigenvalue weighted by atomic mass is 10.3. The number of anilines is 1. The van der Waals surface area contributed by atoms with Crippen LogP contribution in [-0.2, 0) is 6.54 Å². The molecule has 2 heterocycles. The zero-order chi connectivity index (χ0) is 12.9. The van der Waals surface area contributed by atoms with Gasteiger partial charge >= 0.3 is 0 Å². The number of nitrogens with zero attached hydrogens (tertiary/aromatic N) is 3. The second kappa shape index (κ2) is 5.30. The lowest BCUT2D eigenvalue weighted by Crippen LogP contribution is -1.99. The van der Waals surface area contributed by atoms with Gasteiger partial charge in [-0.25, -0.2) is 0 Å². The first-order valence-corrected chi connectivity index (χ1v) is 5.95. The predicted octanol–water partition coefficient (Wildman–Crippen LogP) is 2.74. The molecule has 0 amide bonds. The van der Waals surface area contributed by atoms with E-state index in [9.17, 15) is 0 Å². The highest BCUT2D eigenvalue weighted by Gasteiger charge is 2.08. The van der Waals surface area contributed by atoms with E-state index in [-0.39, 0.29) is 0 Å². The Balaban J connectivity index is 1.69. The maximum absolute atomic E-state index is 5.18. The maximum Gasteiger partial charge on any atom is 0.246 e. The minimum absolute atomic E-state index is 0.490. The lowest BCUT2D eigenvalue weighted by molar-refractivity contribution is 0.384. The molecule has 1 N–H and O–H groups in total. The number of hydrogen-bond donors (Lipinski definition) is 1. The molecule has 0 bridgehead atoms. The molecule has 0 aliphatic carbocycles. The molecule has 5 heteroatoms. The number of nitrogens with one attached hydrogen (secondary N) is 1. The van der Waals surface area contributed by atoms with E-state index < -0.39 is 0 Å². The minimum atomic E-state index is 0.490. The van der Waals surface area contributed by atoms with Crippen molar-refractivity contribution in [2.45, 2.75) is 6.54 Å². The molecule has 5 nitrogen and oxygen atoms in total. The van der Waals surface area contributed by atoms with Crippen LogP contribution in [0.4, 0.5) is 5.69 Å². The van der Waals surface area contributed by atoms with Crippen LogP contribution in [-0.4, -0.2) is 15.1 Å². The van der Waals surface area contributed by atoms with Crippen molar-refractivity contribution >= 4 is 5.69 Å². The Morgan fingerprint density at radius 2 is 1.84 bits per heavy atom. The van der Waals surface area contributed by atoms with Gasteiger partial charge in [0, 0.05) is 11.9 Å². The van der Waals surface area contributed by atoms with E-state index in [1.807, 2.05) is 48.5 Å². The van der Waals surface area contributed by atoms with Crippen LogP contribution in [0.25, 0.3) is 11.5 Å². The summed E-state index contributed by atoms with van der Waals surface area (Å²) in [5, 5.41) is 7.12. The van der Waals surface area contributed by atoms with Gasteiger partial charge in [-0.3, -0.25) is 4.98 Å². The van der Waals surface area contributed by atoms with E-state index in [4.69, 9.17) is 4.52 Å². The Morgan fingerprint density at radius 3 is 2.63 bits per heavy atom. The van der Waals surface area contributed by atoms with Crippen molar-refractivity contribution in [3.8, 4) is 11.5 Å². The van der Waals surface area contributed by atoms with Crippen LogP contribution in [0, 0.1) is 0 Å². The van der Waals surface area contributed by atoms with E-state index in [0.29, 0.717) is 24.0 Å². The first-order chi connectivity index (χ1) is 9.42. The summed E-state index contributed by atoms with van der Waals surface area (Å²) in [6.07, 6.45) is 1.70. The van der Waals surface area contributed by atoms with Gasteiger partial charge in [-0.15, -0.1) is 0 Å². The highest BCUT2D eigenvalue weighted by molar-refractivity contribution is 5.47. The first kappa shape index (κ1) is 11.4. The molecule has 0 unspecified atom stereocenters. The predicted molar refractivity (Wildman–Crippen MR) is 71.3 cm³/mol. The van der Waals surface area contributed by atoms with Crippen molar-refractivity contribution in [2.24, 2.45) is 0 Å². The van der Waals surface area contributed by atoms with Crippen LogP contribution in [0.15, 0.2) is 59.3 Å². The molecule has 0 atom stereocenters. The fourth-order valence-electron chi connectivity index (χ4n) is 1.66. The van der Waals surface area contributed by atoms with Crippen LogP contribution in [0.3, 0.4) is 0 Å². The third-order valence-corrected chi connectivity index (χ3v) is 2.58. The van der Waals surface area contributed by atoms with Crippen molar-refractivity contribution in [1.29, 1.82) is 0 Å². The van der Waals surface area contributed by atoms with Crippen LogP contribution < -0.4 is 5.32 Å². The van der Waals surface area contributed by atoms with Crippen LogP contribution in [0.2, 0.25) is 0 Å². The third kappa shape index (κ3) is 2.77. The molecule has 0 saturated carbocycles. The standard InChI is InChI=1S/C14H12N4O/c1-2-6-11(7-3-1)16-10-13-17-14(18-19-13)12-8-4-5-9-15-12/h1-9,16H,10H2. The smallest absolute Gasteiger partial charge is 0.246 e. The molecular weight excluding hydrogens is 240 g/mol. The van der Waals surface area contributed by atoms with Gasteiger partial charge in [0.25, 0.3) is 0 Å². The van der Waals surface area contributed by atoms with Gasteiger partial charge in [0.05, 0.1) is 6.54 Å². The van der Waals surface area contributed by atoms with Gasteiger partial charge in [-0.05, 0) is 24.3 Å². The minimum Gasteiger partial charge on any atom is -0.376 e. The third-order valence-electron chi connectivity index (χ3n) is 2.58. The summed E-state index contributed by atoms with van der Waals surface area (Å²) >= 11 is 0. The summed E-state index contributed by atoms with van der Waals surface area (Å²) in [4.78, 5) is 8.47. The quantitative estimate of drug-likeness (QED) is 0.773. The summed E-state index contributed by atoms with van der Waals surface area (Å²) in [5.41, 5.74) is 1.72. The highest BCUT2D eigenvalue weighted by Crippen LogP contribution is 2.13. The molecule has 3 rings (SSSR count). The summed E-state index contributed by atoms with van der Waals surface area (Å²) in [5.74, 6) is 1.04. The molecule has 94 valence electrons. The number of rotatable bonds is 4. The molecule has 0 aliphatic rings. The highest BCUT2D eigenvalue weighted by atomic mass is 16.5. The van der Waals surface area contributed by atoms with Crippen molar-refractivity contribution in [2.75, 3.05) is 5.32 Å². The zero-order valence-corrected chi connectivity index (χ0v) is 10.2. The number of benzene rings is 1. The second-order valence-electron chi connectivity index (χ2n) is 3.95. The lowest BCUT2D eigenvalue weighted by Gasteiger charge is -2.01. The molecule has 19 heavy (non-hydrogen) atoms. The number of para-hydroxylation sites is 1. The van der Waals surface area contributed by atoms with Crippen LogP contribution in [0.5, 0.6) is 0 Å². The summed E-state index contributed by atoms with van der Waals surface area (Å²) in [6.45, 7) is 0.490. The van der Waals surface area contributed by atoms with E-state index in [1.54, 1.807) is 6.20 Å². The van der Waals surface area contributed by atoms with Crippen LogP contribution in [0.1, 0.15) is 5.89 Å². The molecule has 0 spiro atoms. The summed E-state index contributed by atoms with van der Waals surface area (Å²) in [6, 6.07) is 15.5. The normalized spacial score (nSPS) is 10.3. The topological polar surface area (TPSA) is 63.8 Å². The SMILES string of the molecule is c1ccc(NCc2nc(-c3ccccn3)no2)cc1. The molecule has 0 fully saturated rings. The van der Waals surface area contributed by atoms with Gasteiger partial charge in [0.2, 0.25) is 11.7 Å². The largest absolute Gasteiger partial charge is 0.376 e. The van der Waals surface area contributed by atoms with Gasteiger partial charge < -0.3 is 9.84 Å². The monoisotopic (exact) mass is 252 g/mol. The summed E-state index contributed by atoms with van der Waals surface area (Å²) in [7, 11) is 0. The van der Waals surface area contributed by atoms with Gasteiger partial charge in [0.15, 0.2) is 0 Å². The molecule has 0 saturated heterocycles. The van der Waals surface area contributed by atoms with Gasteiger partial charge in [-0.1, -0.05) is 29.4 Å². The molecule has 0 aliphatic heterocycles. The Labute approximate surface area is 110 Å². The molecule has 3 aromatic rings. The Morgan fingerprint density at radius 1 is 1.00 bits per heavy atom. The van der Waals surface area contributed by atoms with Gasteiger partial charge in [0.1, 0.15) is 5.69 Å². The Bertz CT molecular complexity index is 637. The molecular formula is C14H12N4O. The fraction of sp³-hybridized carbons (Fsp3) is 0.0714. The maximum atomic E-state index is 5.18. The Kier molecular flexibility index (Phi) is 3.18. The molecule has 0 radical (unpaired) electrons. The van der Waals surface area contributed by atoms with E-state index in [0.717, 1.165) is 5.69 Å².